The minimum atomic E-state index is 0.0362. The van der Waals surface area contributed by atoms with Gasteiger partial charge in [0, 0.05) is 13.0 Å². The predicted molar refractivity (Wildman–Crippen MR) is 70.3 cm³/mol. The molecule has 1 heterocycles. The topological polar surface area (TPSA) is 47.8 Å². The number of hydrogen-bond donors (Lipinski definition) is 0. The Morgan fingerprint density at radius 2 is 2.17 bits per heavy atom. The predicted octanol–water partition coefficient (Wildman–Crippen LogP) is 2.30. The molecule has 0 spiro atoms. The van der Waals surface area contributed by atoms with E-state index >= 15 is 0 Å². The highest BCUT2D eigenvalue weighted by Crippen LogP contribution is 2.67. The average Bonchev–Trinajstić information content (AvgIpc) is 2.82. The van der Waals surface area contributed by atoms with E-state index in [0.29, 0.717) is 5.78 Å². The molecule has 4 nitrogen and oxygen atoms in total. The first-order chi connectivity index (χ1) is 8.38. The van der Waals surface area contributed by atoms with E-state index in [1.807, 2.05) is 11.6 Å². The van der Waals surface area contributed by atoms with Crippen LogP contribution in [0.1, 0.15) is 33.6 Å². The number of thioether (sulfide) groups is 1. The van der Waals surface area contributed by atoms with Gasteiger partial charge in [0.2, 0.25) is 0 Å². The number of fused-ring (bicyclic) bond motifs is 2. The molecule has 2 fully saturated rings. The molecule has 3 atom stereocenters. The third-order valence-electron chi connectivity index (χ3n) is 5.37. The van der Waals surface area contributed by atoms with Crippen LogP contribution in [0.3, 0.4) is 0 Å². The number of carbonyl (C=O) groups is 1. The molecule has 2 bridgehead atoms. The highest BCUT2D eigenvalue weighted by Gasteiger charge is 2.66. The zero-order chi connectivity index (χ0) is 13.1. The first kappa shape index (κ1) is 12.2. The van der Waals surface area contributed by atoms with Gasteiger partial charge in [-0.2, -0.15) is 0 Å². The molecule has 18 heavy (non-hydrogen) atoms. The summed E-state index contributed by atoms with van der Waals surface area (Å²) in [6.07, 6.45) is 3.89. The van der Waals surface area contributed by atoms with E-state index in [1.165, 1.54) is 0 Å². The molecular formula is C13H19N3OS. The van der Waals surface area contributed by atoms with Crippen LogP contribution in [0.25, 0.3) is 0 Å². The normalized spacial score (nSPS) is 37.4. The summed E-state index contributed by atoms with van der Waals surface area (Å²) in [6, 6.07) is 0. The van der Waals surface area contributed by atoms with Gasteiger partial charge in [-0.25, -0.2) is 0 Å². The summed E-state index contributed by atoms with van der Waals surface area (Å²) in [5, 5.41) is 8.87. The highest BCUT2D eigenvalue weighted by atomic mass is 32.2. The van der Waals surface area contributed by atoms with Crippen LogP contribution in [-0.4, -0.2) is 25.8 Å². The van der Waals surface area contributed by atoms with E-state index in [2.05, 4.69) is 31.0 Å². The standard InChI is InChI=1S/C13H19N3OS/c1-12(2)8-5-6-13(12,3)10(9(8)17)18-11-15-14-7-16(11)4/h7-8,10H,5-6H2,1-4H3/t8-,10+,13-/m1/s1. The molecule has 0 aromatic carbocycles. The summed E-state index contributed by atoms with van der Waals surface area (Å²) >= 11 is 1.60. The number of hydrogen-bond acceptors (Lipinski definition) is 4. The van der Waals surface area contributed by atoms with Crippen LogP contribution >= 0.6 is 11.8 Å². The van der Waals surface area contributed by atoms with E-state index in [-0.39, 0.29) is 22.0 Å². The van der Waals surface area contributed by atoms with Crippen molar-refractivity contribution in [3.05, 3.63) is 6.33 Å². The first-order valence-electron chi connectivity index (χ1n) is 6.42. The summed E-state index contributed by atoms with van der Waals surface area (Å²) in [7, 11) is 1.92. The van der Waals surface area contributed by atoms with Crippen LogP contribution in [0, 0.1) is 16.7 Å². The Hall–Kier alpha value is -0.840. The van der Waals surface area contributed by atoms with Crippen molar-refractivity contribution in [3.8, 4) is 0 Å². The summed E-state index contributed by atoms with van der Waals surface area (Å²) in [5.41, 5.74) is 0.200. The number of nitrogens with zero attached hydrogens (tertiary/aromatic N) is 3. The van der Waals surface area contributed by atoms with E-state index in [4.69, 9.17) is 0 Å². The number of ketones is 1. The molecule has 1 aromatic heterocycles. The molecule has 0 radical (unpaired) electrons. The third kappa shape index (κ3) is 1.31. The summed E-state index contributed by atoms with van der Waals surface area (Å²) in [5.74, 6) is 0.648. The largest absolute Gasteiger partial charge is 0.312 e. The number of rotatable bonds is 2. The van der Waals surface area contributed by atoms with Gasteiger partial charge in [-0.05, 0) is 23.7 Å². The Morgan fingerprint density at radius 1 is 1.44 bits per heavy atom. The lowest BCUT2D eigenvalue weighted by atomic mass is 9.71. The molecule has 0 aliphatic heterocycles. The van der Waals surface area contributed by atoms with Gasteiger partial charge in [0.25, 0.3) is 0 Å². The number of Topliss-reactive ketones (excluding diaryl/α,β-unsaturated/α-hetero) is 1. The van der Waals surface area contributed by atoms with Crippen molar-refractivity contribution in [1.29, 1.82) is 0 Å². The van der Waals surface area contributed by atoms with Crippen LogP contribution in [0.4, 0.5) is 0 Å². The van der Waals surface area contributed by atoms with Crippen molar-refractivity contribution in [3.63, 3.8) is 0 Å². The fourth-order valence-electron chi connectivity index (χ4n) is 3.66. The van der Waals surface area contributed by atoms with Crippen molar-refractivity contribution in [2.24, 2.45) is 23.8 Å². The SMILES string of the molecule is Cn1cnnc1S[C@H]1C(=O)[C@H]2CC[C@@]1(C)C2(C)C. The van der Waals surface area contributed by atoms with Crippen LogP contribution in [-0.2, 0) is 11.8 Å². The van der Waals surface area contributed by atoms with Crippen molar-refractivity contribution < 1.29 is 4.79 Å². The third-order valence-corrected chi connectivity index (χ3v) is 6.94. The van der Waals surface area contributed by atoms with Gasteiger partial charge < -0.3 is 4.57 Å². The molecule has 0 amide bonds. The van der Waals surface area contributed by atoms with Gasteiger partial charge in [-0.1, -0.05) is 32.5 Å². The summed E-state index contributed by atoms with van der Waals surface area (Å²) in [6.45, 7) is 6.77. The molecule has 2 aliphatic rings. The quantitative estimate of drug-likeness (QED) is 0.823. The smallest absolute Gasteiger partial charge is 0.191 e. The second-order valence-corrected chi connectivity index (χ2v) is 7.43. The zero-order valence-corrected chi connectivity index (χ0v) is 12.1. The molecule has 0 unspecified atom stereocenters. The average molecular weight is 265 g/mol. The van der Waals surface area contributed by atoms with E-state index < -0.39 is 0 Å². The van der Waals surface area contributed by atoms with Gasteiger partial charge in [-0.15, -0.1) is 10.2 Å². The Morgan fingerprint density at radius 3 is 2.67 bits per heavy atom. The lowest BCUT2D eigenvalue weighted by Crippen LogP contribution is -2.35. The molecule has 98 valence electrons. The monoisotopic (exact) mass is 265 g/mol. The van der Waals surface area contributed by atoms with Gasteiger partial charge in [-0.3, -0.25) is 4.79 Å². The fraction of sp³-hybridized carbons (Fsp3) is 0.769. The Balaban J connectivity index is 1.95. The van der Waals surface area contributed by atoms with E-state index in [0.717, 1.165) is 18.0 Å². The minimum absolute atomic E-state index is 0.0362. The fourth-order valence-corrected chi connectivity index (χ4v) is 5.14. The highest BCUT2D eigenvalue weighted by molar-refractivity contribution is 8.00. The molecule has 5 heteroatoms. The maximum absolute atomic E-state index is 12.5. The second-order valence-electron chi connectivity index (χ2n) is 6.36. The van der Waals surface area contributed by atoms with E-state index in [9.17, 15) is 4.79 Å². The van der Waals surface area contributed by atoms with Gasteiger partial charge in [0.05, 0.1) is 5.25 Å². The molecule has 1 aromatic rings. The Kier molecular flexibility index (Phi) is 2.44. The van der Waals surface area contributed by atoms with Crippen molar-refractivity contribution in [2.45, 2.75) is 44.0 Å². The van der Waals surface area contributed by atoms with Gasteiger partial charge in [0.15, 0.2) is 5.16 Å². The molecule has 0 saturated heterocycles. The van der Waals surface area contributed by atoms with Crippen molar-refractivity contribution in [2.75, 3.05) is 0 Å². The second kappa shape index (κ2) is 3.59. The summed E-state index contributed by atoms with van der Waals surface area (Å²) in [4.78, 5) is 12.5. The number of carbonyl (C=O) groups excluding carboxylic acids is 1. The van der Waals surface area contributed by atoms with Crippen LogP contribution in [0.5, 0.6) is 0 Å². The molecule has 3 rings (SSSR count). The first-order valence-corrected chi connectivity index (χ1v) is 7.30. The van der Waals surface area contributed by atoms with Crippen LogP contribution in [0.2, 0.25) is 0 Å². The zero-order valence-electron chi connectivity index (χ0n) is 11.3. The molecule has 2 saturated carbocycles. The summed E-state index contributed by atoms with van der Waals surface area (Å²) < 4.78 is 1.89. The Labute approximate surface area is 112 Å². The maximum atomic E-state index is 12.5. The molecular weight excluding hydrogens is 246 g/mol. The van der Waals surface area contributed by atoms with Crippen LogP contribution in [0.15, 0.2) is 11.5 Å². The van der Waals surface area contributed by atoms with Crippen LogP contribution < -0.4 is 0 Å². The lowest BCUT2D eigenvalue weighted by molar-refractivity contribution is -0.122. The molecule has 0 N–H and O–H groups in total. The minimum Gasteiger partial charge on any atom is -0.312 e. The van der Waals surface area contributed by atoms with Gasteiger partial charge >= 0.3 is 0 Å². The van der Waals surface area contributed by atoms with E-state index in [1.54, 1.807) is 18.1 Å². The van der Waals surface area contributed by atoms with Crippen molar-refractivity contribution >= 4 is 17.5 Å². The number of aromatic nitrogens is 3. The molecule has 2 aliphatic carbocycles. The maximum Gasteiger partial charge on any atom is 0.191 e. The van der Waals surface area contributed by atoms with Crippen molar-refractivity contribution in [1.82, 2.24) is 14.8 Å². The number of aryl methyl sites for hydroxylation is 1. The Bertz CT molecular complexity index is 510. The lowest BCUT2D eigenvalue weighted by Gasteiger charge is -2.37. The van der Waals surface area contributed by atoms with Gasteiger partial charge in [0.1, 0.15) is 12.1 Å².